The van der Waals surface area contributed by atoms with E-state index in [1.165, 1.54) is 0 Å². The molecule has 0 spiro atoms. The molecule has 146 valence electrons. The number of fused-ring (bicyclic) bond motifs is 1. The summed E-state index contributed by atoms with van der Waals surface area (Å²) in [5, 5.41) is 18.8. The van der Waals surface area contributed by atoms with Crippen LogP contribution in [-0.2, 0) is 16.0 Å². The molecule has 3 heterocycles. The number of hydrogen-bond acceptors (Lipinski definition) is 7. The average molecular weight is 391 g/mol. The van der Waals surface area contributed by atoms with E-state index in [1.807, 2.05) is 20.8 Å². The molecule has 2 aromatic rings. The Morgan fingerprint density at radius 2 is 2.00 bits per heavy atom. The Balaban J connectivity index is 1.94. The summed E-state index contributed by atoms with van der Waals surface area (Å²) in [5.41, 5.74) is 3.91. The minimum absolute atomic E-state index is 0.0217. The van der Waals surface area contributed by atoms with Gasteiger partial charge in [0.1, 0.15) is 0 Å². The van der Waals surface area contributed by atoms with Gasteiger partial charge in [-0.05, 0) is 32.8 Å². The zero-order valence-electron chi connectivity index (χ0n) is 16.7. The molecule has 0 unspecified atom stereocenters. The Bertz CT molecular complexity index is 891. The van der Waals surface area contributed by atoms with E-state index in [0.717, 1.165) is 33.6 Å². The highest BCUT2D eigenvalue weighted by Gasteiger charge is 2.28. The van der Waals surface area contributed by atoms with Gasteiger partial charge >= 0.3 is 5.97 Å². The van der Waals surface area contributed by atoms with Crippen LogP contribution < -0.4 is 0 Å². The van der Waals surface area contributed by atoms with Crippen LogP contribution in [0, 0.1) is 19.3 Å². The first-order valence-electron chi connectivity index (χ1n) is 9.10. The van der Waals surface area contributed by atoms with Crippen molar-refractivity contribution in [3.05, 3.63) is 17.0 Å². The molecular formula is C18H26N6O2S. The van der Waals surface area contributed by atoms with Gasteiger partial charge in [0.25, 0.3) is 5.95 Å². The number of esters is 1. The van der Waals surface area contributed by atoms with Gasteiger partial charge in [-0.1, -0.05) is 32.5 Å². The first-order valence-corrected chi connectivity index (χ1v) is 10.1. The van der Waals surface area contributed by atoms with E-state index in [-0.39, 0.29) is 11.4 Å². The smallest absolute Gasteiger partial charge is 0.306 e. The average Bonchev–Trinajstić information content (AvgIpc) is 3.13. The monoisotopic (exact) mass is 390 g/mol. The molecule has 0 radical (unpaired) electrons. The molecule has 27 heavy (non-hydrogen) atoms. The number of hydrogen-bond donors (Lipinski definition) is 0. The van der Waals surface area contributed by atoms with Crippen molar-refractivity contribution < 1.29 is 9.53 Å². The number of nitrogens with zero attached hydrogens (tertiary/aromatic N) is 6. The second-order valence-corrected chi connectivity index (χ2v) is 8.49. The van der Waals surface area contributed by atoms with Crippen LogP contribution in [0.1, 0.15) is 51.1 Å². The molecule has 0 aliphatic carbocycles. The summed E-state index contributed by atoms with van der Waals surface area (Å²) in [6.07, 6.45) is 0.921. The first-order chi connectivity index (χ1) is 12.7. The largest absolute Gasteiger partial charge is 0.466 e. The molecule has 0 aromatic carbocycles. The third-order valence-corrected chi connectivity index (χ3v) is 5.47. The number of carbonyl (C=O) groups is 1. The third kappa shape index (κ3) is 3.92. The predicted molar refractivity (Wildman–Crippen MR) is 105 cm³/mol. The van der Waals surface area contributed by atoms with Crippen LogP contribution in [0.3, 0.4) is 0 Å². The normalized spacial score (nSPS) is 14.1. The number of thioether (sulfide) groups is 1. The Labute approximate surface area is 163 Å². The lowest BCUT2D eigenvalue weighted by Crippen LogP contribution is -2.27. The van der Waals surface area contributed by atoms with Crippen LogP contribution in [0.2, 0.25) is 0 Å². The molecule has 0 N–H and O–H groups in total. The van der Waals surface area contributed by atoms with E-state index < -0.39 is 0 Å². The van der Waals surface area contributed by atoms with Gasteiger partial charge in [-0.15, -0.1) is 10.2 Å². The molecule has 8 nitrogen and oxygen atoms in total. The van der Waals surface area contributed by atoms with Crippen LogP contribution in [0.25, 0.3) is 5.95 Å². The Hall–Kier alpha value is -2.16. The van der Waals surface area contributed by atoms with E-state index in [9.17, 15) is 4.79 Å². The summed E-state index contributed by atoms with van der Waals surface area (Å²) >= 11 is 1.63. The van der Waals surface area contributed by atoms with Gasteiger partial charge in [0, 0.05) is 23.3 Å². The van der Waals surface area contributed by atoms with Gasteiger partial charge in [0.05, 0.1) is 18.0 Å². The Morgan fingerprint density at radius 3 is 2.67 bits per heavy atom. The van der Waals surface area contributed by atoms with Crippen molar-refractivity contribution >= 4 is 23.4 Å². The van der Waals surface area contributed by atoms with Crippen LogP contribution in [0.4, 0.5) is 0 Å². The van der Waals surface area contributed by atoms with Gasteiger partial charge in [-0.25, -0.2) is 4.68 Å². The number of carbonyl (C=O) groups excluding carboxylic acids is 1. The molecule has 0 fully saturated rings. The molecule has 0 saturated carbocycles. The lowest BCUT2D eigenvalue weighted by Gasteiger charge is -2.24. The van der Waals surface area contributed by atoms with Crippen molar-refractivity contribution in [1.29, 1.82) is 0 Å². The highest BCUT2D eigenvalue weighted by Crippen LogP contribution is 2.30. The third-order valence-electron chi connectivity index (χ3n) is 4.54. The van der Waals surface area contributed by atoms with Crippen molar-refractivity contribution in [2.45, 2.75) is 59.5 Å². The highest BCUT2D eigenvalue weighted by molar-refractivity contribution is 7.99. The maximum Gasteiger partial charge on any atom is 0.306 e. The van der Waals surface area contributed by atoms with Gasteiger partial charge in [0.2, 0.25) is 5.16 Å². The van der Waals surface area contributed by atoms with Crippen molar-refractivity contribution in [3.8, 4) is 5.95 Å². The summed E-state index contributed by atoms with van der Waals surface area (Å²) in [7, 11) is 0. The fourth-order valence-corrected chi connectivity index (χ4v) is 4.01. The minimum atomic E-state index is -0.195. The predicted octanol–water partition coefficient (Wildman–Crippen LogP) is 2.93. The number of rotatable bonds is 5. The van der Waals surface area contributed by atoms with E-state index in [1.54, 1.807) is 21.1 Å². The number of ether oxygens (including phenoxy) is 1. The fourth-order valence-electron chi connectivity index (χ4n) is 2.91. The molecule has 9 heteroatoms. The summed E-state index contributed by atoms with van der Waals surface area (Å²) in [6.45, 7) is 12.6. The van der Waals surface area contributed by atoms with Crippen molar-refractivity contribution in [2.24, 2.45) is 10.5 Å². The van der Waals surface area contributed by atoms with Crippen LogP contribution in [0.15, 0.2) is 10.3 Å². The summed E-state index contributed by atoms with van der Waals surface area (Å²) in [5.74, 6) is 1.19. The zero-order chi connectivity index (χ0) is 19.8. The highest BCUT2D eigenvalue weighted by atomic mass is 32.2. The summed E-state index contributed by atoms with van der Waals surface area (Å²) in [4.78, 5) is 11.7. The van der Waals surface area contributed by atoms with E-state index in [4.69, 9.17) is 9.84 Å². The fraction of sp³-hybridized carbons (Fsp3) is 0.611. The maximum absolute atomic E-state index is 11.7. The first kappa shape index (κ1) is 19.6. The Kier molecular flexibility index (Phi) is 5.41. The quantitative estimate of drug-likeness (QED) is 0.730. The molecule has 0 amide bonds. The SMILES string of the molecule is CCOC(=O)CCc1c(C)nn(-c2nnc3n2N=C(C(C)(C)C)CS3)c1C. The molecule has 1 aliphatic heterocycles. The van der Waals surface area contributed by atoms with Crippen LogP contribution >= 0.6 is 11.8 Å². The van der Waals surface area contributed by atoms with Crippen molar-refractivity contribution in [2.75, 3.05) is 12.4 Å². The number of aryl methyl sites for hydroxylation is 1. The zero-order valence-corrected chi connectivity index (χ0v) is 17.6. The van der Waals surface area contributed by atoms with Crippen LogP contribution in [0.5, 0.6) is 0 Å². The molecule has 0 atom stereocenters. The summed E-state index contributed by atoms with van der Waals surface area (Å²) in [6, 6.07) is 0. The number of aromatic nitrogens is 5. The van der Waals surface area contributed by atoms with Crippen molar-refractivity contribution in [3.63, 3.8) is 0 Å². The molecular weight excluding hydrogens is 364 g/mol. The molecule has 0 bridgehead atoms. The second-order valence-electron chi connectivity index (χ2n) is 7.55. The maximum atomic E-state index is 11.7. The molecule has 3 rings (SSSR count). The lowest BCUT2D eigenvalue weighted by molar-refractivity contribution is -0.143. The standard InChI is InChI=1S/C18H26N6O2S/c1-7-26-15(25)9-8-13-11(2)21-23(12(13)3)16-19-20-17-24(16)22-14(10-27-17)18(4,5)6/h7-10H2,1-6H3. The molecule has 2 aromatic heterocycles. The van der Waals surface area contributed by atoms with Gasteiger partial charge in [0.15, 0.2) is 0 Å². The van der Waals surface area contributed by atoms with Crippen LogP contribution in [-0.4, -0.2) is 48.7 Å². The van der Waals surface area contributed by atoms with E-state index in [0.29, 0.717) is 25.4 Å². The minimum Gasteiger partial charge on any atom is -0.466 e. The second kappa shape index (κ2) is 7.46. The topological polar surface area (TPSA) is 87.2 Å². The molecule has 0 saturated heterocycles. The van der Waals surface area contributed by atoms with Crippen molar-refractivity contribution in [1.82, 2.24) is 24.7 Å². The van der Waals surface area contributed by atoms with Gasteiger partial charge in [-0.3, -0.25) is 4.79 Å². The van der Waals surface area contributed by atoms with E-state index >= 15 is 0 Å². The Morgan fingerprint density at radius 1 is 1.26 bits per heavy atom. The molecule has 1 aliphatic rings. The van der Waals surface area contributed by atoms with Gasteiger partial charge in [-0.2, -0.15) is 14.9 Å². The lowest BCUT2D eigenvalue weighted by atomic mass is 9.91. The summed E-state index contributed by atoms with van der Waals surface area (Å²) < 4.78 is 8.56. The van der Waals surface area contributed by atoms with Gasteiger partial charge < -0.3 is 4.74 Å². The van der Waals surface area contributed by atoms with E-state index in [2.05, 4.69) is 36.1 Å².